The van der Waals surface area contributed by atoms with E-state index in [0.717, 1.165) is 28.9 Å². The minimum atomic E-state index is -0.187. The van der Waals surface area contributed by atoms with Crippen molar-refractivity contribution in [3.05, 3.63) is 63.1 Å². The molecule has 29 heavy (non-hydrogen) atoms. The topological polar surface area (TPSA) is 87.3 Å². The van der Waals surface area contributed by atoms with Gasteiger partial charge in [-0.15, -0.1) is 0 Å². The fourth-order valence-corrected chi connectivity index (χ4v) is 3.75. The molecule has 0 aliphatic carbocycles. The van der Waals surface area contributed by atoms with E-state index in [0.29, 0.717) is 36.4 Å². The van der Waals surface area contributed by atoms with Crippen LogP contribution < -0.4 is 15.8 Å². The number of nitrogens with one attached hydrogen (secondary N) is 2. The minimum absolute atomic E-state index is 0.131. The van der Waals surface area contributed by atoms with E-state index in [-0.39, 0.29) is 17.9 Å². The fraction of sp³-hybridized carbons (Fsp3) is 0.286. The number of para-hydroxylation sites is 1. The predicted octanol–water partition coefficient (Wildman–Crippen LogP) is 3.09. The van der Waals surface area contributed by atoms with Crippen LogP contribution in [0.5, 0.6) is 0 Å². The number of aromatic nitrogens is 2. The number of carbonyl (C=O) groups excluding carboxylic acids is 1. The van der Waals surface area contributed by atoms with Crippen LogP contribution in [0.15, 0.2) is 51.7 Å². The van der Waals surface area contributed by atoms with Crippen LogP contribution in [0.3, 0.4) is 0 Å². The van der Waals surface area contributed by atoms with Gasteiger partial charge in [-0.1, -0.05) is 28.1 Å². The molecule has 0 atom stereocenters. The van der Waals surface area contributed by atoms with Gasteiger partial charge in [0.25, 0.3) is 5.56 Å². The number of H-pyrrole nitrogens is 1. The normalized spacial score (nSPS) is 14.2. The smallest absolute Gasteiger partial charge is 0.258 e. The summed E-state index contributed by atoms with van der Waals surface area (Å²) in [6.45, 7) is 2.91. The standard InChI is InChI=1S/C21H21BrN4O3/c22-14-5-6-18(26-9-11-29-12-10-26)17(13-14)24-20(27)8-7-19-23-16-4-2-1-3-15(16)21(28)25-19/h1-6,13H,7-12H2,(H,24,27)(H,23,25,28). The maximum atomic E-state index is 12.6. The number of halogens is 1. The van der Waals surface area contributed by atoms with Crippen LogP contribution in [-0.4, -0.2) is 42.2 Å². The highest BCUT2D eigenvalue weighted by Gasteiger charge is 2.17. The monoisotopic (exact) mass is 456 g/mol. The summed E-state index contributed by atoms with van der Waals surface area (Å²) >= 11 is 3.47. The number of fused-ring (bicyclic) bond motifs is 1. The van der Waals surface area contributed by atoms with Crippen LogP contribution in [0, 0.1) is 0 Å². The van der Waals surface area contributed by atoms with Crippen LogP contribution in [-0.2, 0) is 16.0 Å². The van der Waals surface area contributed by atoms with Crippen LogP contribution in [0.2, 0.25) is 0 Å². The molecule has 150 valence electrons. The molecule has 2 aromatic carbocycles. The molecule has 0 saturated carbocycles. The van der Waals surface area contributed by atoms with Crippen molar-refractivity contribution in [2.24, 2.45) is 0 Å². The second-order valence-corrected chi connectivity index (χ2v) is 7.75. The lowest BCUT2D eigenvalue weighted by Crippen LogP contribution is -2.36. The number of amides is 1. The number of aromatic amines is 1. The van der Waals surface area contributed by atoms with Gasteiger partial charge in [-0.2, -0.15) is 0 Å². The molecule has 1 aliphatic heterocycles. The number of aryl methyl sites for hydroxylation is 1. The lowest BCUT2D eigenvalue weighted by molar-refractivity contribution is -0.116. The summed E-state index contributed by atoms with van der Waals surface area (Å²) in [5.41, 5.74) is 2.18. The number of morpholine rings is 1. The largest absolute Gasteiger partial charge is 0.378 e. The van der Waals surface area contributed by atoms with Crippen LogP contribution in [0.4, 0.5) is 11.4 Å². The average Bonchev–Trinajstić information content (AvgIpc) is 2.73. The zero-order chi connectivity index (χ0) is 20.2. The van der Waals surface area contributed by atoms with E-state index in [1.54, 1.807) is 18.2 Å². The van der Waals surface area contributed by atoms with E-state index in [1.165, 1.54) is 0 Å². The predicted molar refractivity (Wildman–Crippen MR) is 116 cm³/mol. The average molecular weight is 457 g/mol. The molecule has 2 N–H and O–H groups in total. The van der Waals surface area contributed by atoms with Gasteiger partial charge in [0.15, 0.2) is 0 Å². The first-order valence-corrected chi connectivity index (χ1v) is 10.3. The van der Waals surface area contributed by atoms with E-state index in [1.807, 2.05) is 24.3 Å². The summed E-state index contributed by atoms with van der Waals surface area (Å²) in [6.07, 6.45) is 0.573. The Morgan fingerprint density at radius 1 is 1.21 bits per heavy atom. The van der Waals surface area contributed by atoms with Crippen molar-refractivity contribution in [3.63, 3.8) is 0 Å². The van der Waals surface area contributed by atoms with Gasteiger partial charge in [0.05, 0.1) is 35.5 Å². The number of anilines is 2. The number of hydrogen-bond donors (Lipinski definition) is 2. The SMILES string of the molecule is O=C(CCc1nc2ccccc2c(=O)[nH]1)Nc1cc(Br)ccc1N1CCOCC1. The highest BCUT2D eigenvalue weighted by molar-refractivity contribution is 9.10. The third kappa shape index (κ3) is 4.65. The summed E-state index contributed by atoms with van der Waals surface area (Å²) in [5.74, 6) is 0.375. The van der Waals surface area contributed by atoms with Crippen molar-refractivity contribution in [1.29, 1.82) is 0 Å². The van der Waals surface area contributed by atoms with Crippen LogP contribution in [0.1, 0.15) is 12.2 Å². The first kappa shape index (κ1) is 19.6. The molecule has 0 radical (unpaired) electrons. The fourth-order valence-electron chi connectivity index (χ4n) is 3.39. The van der Waals surface area contributed by atoms with Crippen LogP contribution >= 0.6 is 15.9 Å². The van der Waals surface area contributed by atoms with Gasteiger partial charge < -0.3 is 19.9 Å². The summed E-state index contributed by atoms with van der Waals surface area (Å²) in [4.78, 5) is 34.2. The maximum Gasteiger partial charge on any atom is 0.258 e. The van der Waals surface area contributed by atoms with Crippen molar-refractivity contribution in [1.82, 2.24) is 9.97 Å². The Balaban J connectivity index is 1.46. The summed E-state index contributed by atoms with van der Waals surface area (Å²) < 4.78 is 6.31. The molecular formula is C21H21BrN4O3. The number of nitrogens with zero attached hydrogens (tertiary/aromatic N) is 2. The highest BCUT2D eigenvalue weighted by Crippen LogP contribution is 2.30. The number of carbonyl (C=O) groups is 1. The zero-order valence-corrected chi connectivity index (χ0v) is 17.4. The molecule has 1 aliphatic rings. The summed E-state index contributed by atoms with van der Waals surface area (Å²) in [7, 11) is 0. The second kappa shape index (κ2) is 8.75. The molecule has 1 saturated heterocycles. The lowest BCUT2D eigenvalue weighted by atomic mass is 10.2. The van der Waals surface area contributed by atoms with E-state index in [4.69, 9.17) is 4.74 Å². The molecule has 0 spiro atoms. The second-order valence-electron chi connectivity index (χ2n) is 6.84. The van der Waals surface area contributed by atoms with Gasteiger partial charge in [-0.3, -0.25) is 9.59 Å². The van der Waals surface area contributed by atoms with Crippen molar-refractivity contribution in [3.8, 4) is 0 Å². The molecule has 2 heterocycles. The first-order valence-electron chi connectivity index (χ1n) is 9.50. The third-order valence-electron chi connectivity index (χ3n) is 4.84. The third-order valence-corrected chi connectivity index (χ3v) is 5.33. The number of rotatable bonds is 5. The van der Waals surface area contributed by atoms with Crippen molar-refractivity contribution < 1.29 is 9.53 Å². The molecule has 1 aromatic heterocycles. The van der Waals surface area contributed by atoms with E-state index in [2.05, 4.69) is 36.1 Å². The van der Waals surface area contributed by atoms with Crippen molar-refractivity contribution >= 4 is 44.1 Å². The first-order chi connectivity index (χ1) is 14.1. The molecule has 7 nitrogen and oxygen atoms in total. The summed E-state index contributed by atoms with van der Waals surface area (Å²) in [6, 6.07) is 13.0. The Kier molecular flexibility index (Phi) is 5.92. The maximum absolute atomic E-state index is 12.6. The van der Waals surface area contributed by atoms with E-state index < -0.39 is 0 Å². The molecule has 0 bridgehead atoms. The molecule has 3 aromatic rings. The van der Waals surface area contributed by atoms with Crippen molar-refractivity contribution in [2.75, 3.05) is 36.5 Å². The van der Waals surface area contributed by atoms with Gasteiger partial charge in [0.1, 0.15) is 5.82 Å². The Hall–Kier alpha value is -2.71. The summed E-state index contributed by atoms with van der Waals surface area (Å²) in [5, 5.41) is 3.55. The molecular weight excluding hydrogens is 436 g/mol. The van der Waals surface area contributed by atoms with Crippen molar-refractivity contribution in [2.45, 2.75) is 12.8 Å². The molecule has 8 heteroatoms. The number of ether oxygens (including phenoxy) is 1. The van der Waals surface area contributed by atoms with Gasteiger partial charge >= 0.3 is 0 Å². The van der Waals surface area contributed by atoms with E-state index >= 15 is 0 Å². The quantitative estimate of drug-likeness (QED) is 0.615. The molecule has 1 fully saturated rings. The van der Waals surface area contributed by atoms with Gasteiger partial charge in [-0.25, -0.2) is 4.98 Å². The highest BCUT2D eigenvalue weighted by atomic mass is 79.9. The number of benzene rings is 2. The van der Waals surface area contributed by atoms with Gasteiger partial charge in [-0.05, 0) is 30.3 Å². The van der Waals surface area contributed by atoms with E-state index in [9.17, 15) is 9.59 Å². The Bertz CT molecular complexity index is 1090. The van der Waals surface area contributed by atoms with Crippen LogP contribution in [0.25, 0.3) is 10.9 Å². The van der Waals surface area contributed by atoms with Gasteiger partial charge in [0.2, 0.25) is 5.91 Å². The lowest BCUT2D eigenvalue weighted by Gasteiger charge is -2.30. The van der Waals surface area contributed by atoms with Gasteiger partial charge in [0, 0.05) is 30.4 Å². The molecule has 0 unspecified atom stereocenters. The minimum Gasteiger partial charge on any atom is -0.378 e. The zero-order valence-electron chi connectivity index (χ0n) is 15.8. The number of hydrogen-bond acceptors (Lipinski definition) is 5. The Labute approximate surface area is 176 Å². The Morgan fingerprint density at radius 2 is 2.00 bits per heavy atom. The molecule has 4 rings (SSSR count). The Morgan fingerprint density at radius 3 is 2.83 bits per heavy atom. The molecule has 1 amide bonds.